The molecule has 1 heterocycles. The maximum absolute atomic E-state index is 11.8. The monoisotopic (exact) mass is 211 g/mol. The zero-order valence-electron chi connectivity index (χ0n) is 9.50. The van der Waals surface area contributed by atoms with Gasteiger partial charge < -0.3 is 10.1 Å². The van der Waals surface area contributed by atoms with Crippen LogP contribution >= 0.6 is 0 Å². The number of ether oxygens (including phenoxy) is 1. The molecule has 0 radical (unpaired) electrons. The summed E-state index contributed by atoms with van der Waals surface area (Å²) in [6.07, 6.45) is 5.91. The molecule has 0 aromatic carbocycles. The lowest BCUT2D eigenvalue weighted by molar-refractivity contribution is -0.157. The van der Waals surface area contributed by atoms with E-state index in [1.165, 1.54) is 19.3 Å². The molecule has 2 rings (SSSR count). The van der Waals surface area contributed by atoms with E-state index in [0.717, 1.165) is 25.9 Å². The highest BCUT2D eigenvalue weighted by Gasteiger charge is 2.29. The van der Waals surface area contributed by atoms with Gasteiger partial charge >= 0.3 is 5.97 Å². The summed E-state index contributed by atoms with van der Waals surface area (Å²) in [7, 11) is 0. The Labute approximate surface area is 91.6 Å². The number of carbonyl (C=O) groups excluding carboxylic acids is 1. The molecule has 3 unspecified atom stereocenters. The molecule has 3 heteroatoms. The summed E-state index contributed by atoms with van der Waals surface area (Å²) in [5.41, 5.74) is 0. The Kier molecular flexibility index (Phi) is 3.62. The predicted molar refractivity (Wildman–Crippen MR) is 58.5 cm³/mol. The van der Waals surface area contributed by atoms with Crippen LogP contribution in [-0.4, -0.2) is 25.2 Å². The summed E-state index contributed by atoms with van der Waals surface area (Å²) in [6.45, 7) is 3.96. The van der Waals surface area contributed by atoms with Crippen LogP contribution in [0.1, 0.15) is 39.0 Å². The fourth-order valence-electron chi connectivity index (χ4n) is 2.56. The third kappa shape index (κ3) is 2.71. The molecule has 0 aromatic heterocycles. The second-order valence-electron chi connectivity index (χ2n) is 4.93. The summed E-state index contributed by atoms with van der Waals surface area (Å²) < 4.78 is 5.61. The Morgan fingerprint density at radius 1 is 1.27 bits per heavy atom. The van der Waals surface area contributed by atoms with Crippen LogP contribution in [0.4, 0.5) is 0 Å². The predicted octanol–water partition coefficient (Wildman–Crippen LogP) is 1.72. The molecule has 0 bridgehead atoms. The van der Waals surface area contributed by atoms with Crippen molar-refractivity contribution in [3.05, 3.63) is 0 Å². The van der Waals surface area contributed by atoms with Crippen LogP contribution in [0.3, 0.4) is 0 Å². The van der Waals surface area contributed by atoms with Crippen LogP contribution in [-0.2, 0) is 9.53 Å². The van der Waals surface area contributed by atoms with Crippen LogP contribution < -0.4 is 5.32 Å². The highest BCUT2D eigenvalue weighted by Crippen LogP contribution is 2.27. The Bertz CT molecular complexity index is 224. The number of hydrogen-bond donors (Lipinski definition) is 1. The van der Waals surface area contributed by atoms with Gasteiger partial charge in [0.2, 0.25) is 0 Å². The average molecular weight is 211 g/mol. The van der Waals surface area contributed by atoms with Gasteiger partial charge in [-0.25, -0.2) is 0 Å². The summed E-state index contributed by atoms with van der Waals surface area (Å²) >= 11 is 0. The number of esters is 1. The first-order valence-corrected chi connectivity index (χ1v) is 6.18. The summed E-state index contributed by atoms with van der Waals surface area (Å²) in [6, 6.07) is 0. The molecule has 0 amide bonds. The van der Waals surface area contributed by atoms with Crippen molar-refractivity contribution in [3.63, 3.8) is 0 Å². The molecule has 2 aliphatic rings. The van der Waals surface area contributed by atoms with E-state index in [9.17, 15) is 4.79 Å². The SMILES string of the molecule is CC1CCCCC1OC(=O)C1CCNC1. The molecular formula is C12H21NO2. The second kappa shape index (κ2) is 4.97. The van der Waals surface area contributed by atoms with Gasteiger partial charge in [0.25, 0.3) is 0 Å². The lowest BCUT2D eigenvalue weighted by Gasteiger charge is -2.29. The van der Waals surface area contributed by atoms with Crippen molar-refractivity contribution in [1.82, 2.24) is 5.32 Å². The van der Waals surface area contributed by atoms with Gasteiger partial charge in [-0.15, -0.1) is 0 Å². The highest BCUT2D eigenvalue weighted by atomic mass is 16.5. The molecule has 86 valence electrons. The molecule has 2 fully saturated rings. The number of hydrogen-bond acceptors (Lipinski definition) is 3. The van der Waals surface area contributed by atoms with Crippen LogP contribution in [0, 0.1) is 11.8 Å². The van der Waals surface area contributed by atoms with E-state index in [0.29, 0.717) is 5.92 Å². The molecule has 1 saturated heterocycles. The molecule has 3 atom stereocenters. The third-order valence-electron chi connectivity index (χ3n) is 3.69. The van der Waals surface area contributed by atoms with E-state index >= 15 is 0 Å². The zero-order chi connectivity index (χ0) is 10.7. The highest BCUT2D eigenvalue weighted by molar-refractivity contribution is 5.73. The molecule has 1 aliphatic carbocycles. The van der Waals surface area contributed by atoms with Gasteiger partial charge in [-0.1, -0.05) is 13.3 Å². The first-order valence-electron chi connectivity index (χ1n) is 6.18. The number of carbonyl (C=O) groups is 1. The molecule has 1 aliphatic heterocycles. The molecule has 0 aromatic rings. The van der Waals surface area contributed by atoms with Gasteiger partial charge in [0.15, 0.2) is 0 Å². The van der Waals surface area contributed by atoms with Crippen molar-refractivity contribution >= 4 is 5.97 Å². The van der Waals surface area contributed by atoms with E-state index in [1.54, 1.807) is 0 Å². The molecule has 1 N–H and O–H groups in total. The minimum Gasteiger partial charge on any atom is -0.462 e. The van der Waals surface area contributed by atoms with Gasteiger partial charge in [0.1, 0.15) is 6.10 Å². The first-order chi connectivity index (χ1) is 7.27. The topological polar surface area (TPSA) is 38.3 Å². The quantitative estimate of drug-likeness (QED) is 0.707. The fourth-order valence-corrected chi connectivity index (χ4v) is 2.56. The number of rotatable bonds is 2. The summed E-state index contributed by atoms with van der Waals surface area (Å²) in [5.74, 6) is 0.690. The normalized spacial score (nSPS) is 36.5. The zero-order valence-corrected chi connectivity index (χ0v) is 9.50. The Morgan fingerprint density at radius 2 is 2.07 bits per heavy atom. The lowest BCUT2D eigenvalue weighted by atomic mass is 9.88. The van der Waals surface area contributed by atoms with Crippen LogP contribution in [0.25, 0.3) is 0 Å². The minimum absolute atomic E-state index is 0.0266. The van der Waals surface area contributed by atoms with Crippen molar-refractivity contribution in [2.75, 3.05) is 13.1 Å². The third-order valence-corrected chi connectivity index (χ3v) is 3.69. The maximum Gasteiger partial charge on any atom is 0.310 e. The van der Waals surface area contributed by atoms with Gasteiger partial charge in [-0.05, 0) is 38.1 Å². The Hall–Kier alpha value is -0.570. The molecule has 3 nitrogen and oxygen atoms in total. The van der Waals surface area contributed by atoms with Crippen molar-refractivity contribution in [2.45, 2.75) is 45.1 Å². The van der Waals surface area contributed by atoms with Crippen molar-refractivity contribution < 1.29 is 9.53 Å². The summed E-state index contributed by atoms with van der Waals surface area (Å²) in [5, 5.41) is 3.20. The van der Waals surface area contributed by atoms with Crippen molar-refractivity contribution in [2.24, 2.45) is 11.8 Å². The van der Waals surface area contributed by atoms with Crippen molar-refractivity contribution in [1.29, 1.82) is 0 Å². The van der Waals surface area contributed by atoms with Gasteiger partial charge in [0.05, 0.1) is 5.92 Å². The number of nitrogens with one attached hydrogen (secondary N) is 1. The van der Waals surface area contributed by atoms with Crippen LogP contribution in [0.2, 0.25) is 0 Å². The van der Waals surface area contributed by atoms with Crippen LogP contribution in [0.15, 0.2) is 0 Å². The Balaban J connectivity index is 1.81. The second-order valence-corrected chi connectivity index (χ2v) is 4.93. The van der Waals surface area contributed by atoms with Gasteiger partial charge in [-0.2, -0.15) is 0 Å². The van der Waals surface area contributed by atoms with E-state index in [2.05, 4.69) is 12.2 Å². The first kappa shape index (κ1) is 10.9. The average Bonchev–Trinajstić information content (AvgIpc) is 2.74. The standard InChI is InChI=1S/C12H21NO2/c1-9-4-2-3-5-11(9)15-12(14)10-6-7-13-8-10/h9-11,13H,2-8H2,1H3. The van der Waals surface area contributed by atoms with E-state index in [1.807, 2.05) is 0 Å². The minimum atomic E-state index is 0.0266. The largest absolute Gasteiger partial charge is 0.462 e. The molecule has 15 heavy (non-hydrogen) atoms. The molecular weight excluding hydrogens is 190 g/mol. The Morgan fingerprint density at radius 3 is 2.73 bits per heavy atom. The van der Waals surface area contributed by atoms with Gasteiger partial charge in [0, 0.05) is 6.54 Å². The molecule has 1 saturated carbocycles. The lowest BCUT2D eigenvalue weighted by Crippen LogP contribution is -2.31. The fraction of sp³-hybridized carbons (Fsp3) is 0.917. The maximum atomic E-state index is 11.8. The summed E-state index contributed by atoms with van der Waals surface area (Å²) in [4.78, 5) is 11.8. The molecule has 0 spiro atoms. The smallest absolute Gasteiger partial charge is 0.310 e. The van der Waals surface area contributed by atoms with E-state index in [-0.39, 0.29) is 18.0 Å². The van der Waals surface area contributed by atoms with E-state index in [4.69, 9.17) is 4.74 Å². The van der Waals surface area contributed by atoms with Crippen molar-refractivity contribution in [3.8, 4) is 0 Å². The van der Waals surface area contributed by atoms with Crippen LogP contribution in [0.5, 0.6) is 0 Å². The van der Waals surface area contributed by atoms with E-state index < -0.39 is 0 Å². The van der Waals surface area contributed by atoms with Gasteiger partial charge in [-0.3, -0.25) is 4.79 Å².